The fourth-order valence-electron chi connectivity index (χ4n) is 2.72. The molecule has 0 bridgehead atoms. The number of ether oxygens (including phenoxy) is 1. The first kappa shape index (κ1) is 24.3. The summed E-state index contributed by atoms with van der Waals surface area (Å²) >= 11 is 2.26. The molecule has 33 heavy (non-hydrogen) atoms. The molecule has 0 saturated heterocycles. The van der Waals surface area contributed by atoms with Crippen molar-refractivity contribution in [1.82, 2.24) is 0 Å². The molecule has 0 spiro atoms. The highest BCUT2D eigenvalue weighted by molar-refractivity contribution is 8.00. The van der Waals surface area contributed by atoms with Gasteiger partial charge in [-0.3, -0.25) is 9.59 Å². The number of amides is 2. The number of esters is 1. The second kappa shape index (κ2) is 10.5. The zero-order valence-electron chi connectivity index (χ0n) is 17.1. The lowest BCUT2D eigenvalue weighted by molar-refractivity contribution is -0.137. The Balaban J connectivity index is 1.66. The number of hydrogen-bond donors (Lipinski definition) is 2. The Morgan fingerprint density at radius 2 is 1.76 bits per heavy atom. The van der Waals surface area contributed by atoms with E-state index in [4.69, 9.17) is 0 Å². The van der Waals surface area contributed by atoms with Crippen LogP contribution in [0.2, 0.25) is 0 Å². The number of para-hydroxylation sites is 1. The molecule has 0 aliphatic rings. The zero-order chi connectivity index (χ0) is 24.0. The summed E-state index contributed by atoms with van der Waals surface area (Å²) in [4.78, 5) is 37.4. The van der Waals surface area contributed by atoms with Gasteiger partial charge in [0.25, 0.3) is 5.91 Å². The van der Waals surface area contributed by atoms with Gasteiger partial charge < -0.3 is 15.4 Å². The van der Waals surface area contributed by atoms with Crippen molar-refractivity contribution in [3.63, 3.8) is 0 Å². The molecule has 2 amide bonds. The average Bonchev–Trinajstić information content (AvgIpc) is 3.25. The van der Waals surface area contributed by atoms with Crippen LogP contribution in [0.25, 0.3) is 0 Å². The molecular weight excluding hydrogens is 477 g/mol. The van der Waals surface area contributed by atoms with Crippen LogP contribution < -0.4 is 10.6 Å². The molecule has 0 fully saturated rings. The van der Waals surface area contributed by atoms with E-state index in [1.165, 1.54) is 13.2 Å². The predicted molar refractivity (Wildman–Crippen MR) is 121 cm³/mol. The number of thiophene rings is 1. The number of alkyl halides is 3. The topological polar surface area (TPSA) is 84.5 Å². The van der Waals surface area contributed by atoms with Gasteiger partial charge >= 0.3 is 12.1 Å². The van der Waals surface area contributed by atoms with Crippen molar-refractivity contribution in [2.45, 2.75) is 11.1 Å². The second-order valence-corrected chi connectivity index (χ2v) is 8.45. The van der Waals surface area contributed by atoms with Crippen LogP contribution in [-0.2, 0) is 15.7 Å². The molecule has 0 saturated carbocycles. The Morgan fingerprint density at radius 1 is 1.00 bits per heavy atom. The van der Waals surface area contributed by atoms with Crippen molar-refractivity contribution in [1.29, 1.82) is 0 Å². The van der Waals surface area contributed by atoms with Gasteiger partial charge in [-0.05, 0) is 41.8 Å². The van der Waals surface area contributed by atoms with Crippen LogP contribution >= 0.6 is 23.1 Å². The summed E-state index contributed by atoms with van der Waals surface area (Å²) in [6, 6.07) is 12.3. The summed E-state index contributed by atoms with van der Waals surface area (Å²) in [6.07, 6.45) is -4.56. The molecule has 1 aromatic heterocycles. The fraction of sp³-hybridized carbons (Fsp3) is 0.136. The molecule has 3 rings (SSSR count). The number of carbonyl (C=O) groups is 3. The maximum Gasteiger partial charge on any atom is 0.416 e. The number of benzene rings is 2. The van der Waals surface area contributed by atoms with E-state index in [2.05, 4.69) is 15.4 Å². The lowest BCUT2D eigenvalue weighted by Gasteiger charge is -2.12. The van der Waals surface area contributed by atoms with Crippen molar-refractivity contribution in [3.8, 4) is 0 Å². The van der Waals surface area contributed by atoms with Gasteiger partial charge in [-0.1, -0.05) is 18.2 Å². The number of hydrogen-bond acceptors (Lipinski definition) is 6. The molecular formula is C22H17F3N2O4S2. The number of rotatable bonds is 7. The van der Waals surface area contributed by atoms with E-state index in [1.54, 1.807) is 35.7 Å². The van der Waals surface area contributed by atoms with Gasteiger partial charge in [0.05, 0.1) is 29.8 Å². The van der Waals surface area contributed by atoms with Crippen molar-refractivity contribution in [2.24, 2.45) is 0 Å². The van der Waals surface area contributed by atoms with E-state index in [-0.39, 0.29) is 22.1 Å². The monoisotopic (exact) mass is 494 g/mol. The first-order chi connectivity index (χ1) is 15.7. The predicted octanol–water partition coefficient (Wildman–Crippen LogP) is 5.54. The quantitative estimate of drug-likeness (QED) is 0.333. The van der Waals surface area contributed by atoms with Gasteiger partial charge in [0.2, 0.25) is 5.91 Å². The minimum Gasteiger partial charge on any atom is -0.465 e. The number of halogens is 3. The lowest BCUT2D eigenvalue weighted by Crippen LogP contribution is -2.16. The third-order valence-corrected chi connectivity index (χ3v) is 6.22. The Labute approximate surface area is 195 Å². The molecule has 0 radical (unpaired) electrons. The van der Waals surface area contributed by atoms with E-state index in [1.807, 2.05) is 0 Å². The van der Waals surface area contributed by atoms with Crippen molar-refractivity contribution in [2.75, 3.05) is 23.5 Å². The molecule has 0 unspecified atom stereocenters. The van der Waals surface area contributed by atoms with Gasteiger partial charge in [0.15, 0.2) is 0 Å². The van der Waals surface area contributed by atoms with Crippen LogP contribution in [0.4, 0.5) is 24.5 Å². The van der Waals surface area contributed by atoms with E-state index in [0.717, 1.165) is 41.3 Å². The van der Waals surface area contributed by atoms with Crippen molar-refractivity contribution >= 4 is 52.3 Å². The van der Waals surface area contributed by atoms with E-state index >= 15 is 0 Å². The van der Waals surface area contributed by atoms with E-state index in [0.29, 0.717) is 16.3 Å². The van der Waals surface area contributed by atoms with Gasteiger partial charge in [-0.15, -0.1) is 23.1 Å². The summed E-state index contributed by atoms with van der Waals surface area (Å²) in [7, 11) is 1.24. The maximum atomic E-state index is 12.9. The number of thioether (sulfide) groups is 1. The summed E-state index contributed by atoms with van der Waals surface area (Å²) < 4.78 is 43.4. The second-order valence-electron chi connectivity index (χ2n) is 6.52. The van der Waals surface area contributed by atoms with Crippen LogP contribution in [0, 0.1) is 0 Å². The van der Waals surface area contributed by atoms with Crippen molar-refractivity contribution < 1.29 is 32.3 Å². The summed E-state index contributed by atoms with van der Waals surface area (Å²) in [5.41, 5.74) is -0.378. The molecule has 11 heteroatoms. The Kier molecular flexibility index (Phi) is 7.77. The first-order valence-corrected chi connectivity index (χ1v) is 11.2. The summed E-state index contributed by atoms with van der Waals surface area (Å²) in [6.45, 7) is 0. The summed E-state index contributed by atoms with van der Waals surface area (Å²) in [5, 5.41) is 6.87. The fourth-order valence-corrected chi connectivity index (χ4v) is 4.29. The minimum atomic E-state index is -4.56. The standard InChI is InChI=1S/C22H17F3N2O4S2/c1-31-21(30)19-16(9-10-32-19)26-18(28)12-33-17-8-3-2-7-15(17)27-20(29)13-5-4-6-14(11-13)22(23,24)25/h2-11H,12H2,1H3,(H,26,28)(H,27,29). The number of nitrogens with one attached hydrogen (secondary N) is 2. The van der Waals surface area contributed by atoms with E-state index < -0.39 is 23.6 Å². The maximum absolute atomic E-state index is 12.9. The van der Waals surface area contributed by atoms with Gasteiger partial charge in [0.1, 0.15) is 4.88 Å². The Hall–Kier alpha value is -3.31. The molecule has 172 valence electrons. The third-order valence-electron chi connectivity index (χ3n) is 4.26. The third kappa shape index (κ3) is 6.36. The van der Waals surface area contributed by atoms with Crippen molar-refractivity contribution in [3.05, 3.63) is 76.0 Å². The molecule has 2 N–H and O–H groups in total. The highest BCUT2D eigenvalue weighted by Gasteiger charge is 2.31. The molecule has 0 aliphatic heterocycles. The van der Waals surface area contributed by atoms with Crippen LogP contribution in [0.5, 0.6) is 0 Å². The zero-order valence-corrected chi connectivity index (χ0v) is 18.7. The normalized spacial score (nSPS) is 11.0. The Bertz CT molecular complexity index is 1180. The summed E-state index contributed by atoms with van der Waals surface area (Å²) in [5.74, 6) is -1.69. The smallest absolute Gasteiger partial charge is 0.416 e. The minimum absolute atomic E-state index is 0.0348. The molecule has 1 heterocycles. The van der Waals surface area contributed by atoms with Gasteiger partial charge in [0, 0.05) is 10.5 Å². The lowest BCUT2D eigenvalue weighted by atomic mass is 10.1. The largest absolute Gasteiger partial charge is 0.465 e. The van der Waals surface area contributed by atoms with Gasteiger partial charge in [-0.2, -0.15) is 13.2 Å². The average molecular weight is 495 g/mol. The number of anilines is 2. The number of methoxy groups -OCH3 is 1. The highest BCUT2D eigenvalue weighted by atomic mass is 32.2. The molecule has 6 nitrogen and oxygen atoms in total. The molecule has 3 aromatic rings. The molecule has 0 atom stereocenters. The van der Waals surface area contributed by atoms with Crippen LogP contribution in [0.15, 0.2) is 64.9 Å². The van der Waals surface area contributed by atoms with E-state index in [9.17, 15) is 27.6 Å². The molecule has 0 aliphatic carbocycles. The number of carbonyl (C=O) groups excluding carboxylic acids is 3. The van der Waals surface area contributed by atoms with Crippen LogP contribution in [-0.4, -0.2) is 30.6 Å². The van der Waals surface area contributed by atoms with Gasteiger partial charge in [-0.25, -0.2) is 4.79 Å². The van der Waals surface area contributed by atoms with Crippen LogP contribution in [0.1, 0.15) is 25.6 Å². The van der Waals surface area contributed by atoms with Crippen LogP contribution in [0.3, 0.4) is 0 Å². The highest BCUT2D eigenvalue weighted by Crippen LogP contribution is 2.31. The Morgan fingerprint density at radius 3 is 2.48 bits per heavy atom. The first-order valence-electron chi connectivity index (χ1n) is 9.35. The molecule has 2 aromatic carbocycles. The SMILES string of the molecule is COC(=O)c1sccc1NC(=O)CSc1ccccc1NC(=O)c1cccc(C(F)(F)F)c1.